The smallest absolute Gasteiger partial charge is 0.134 e. The SMILES string of the molecule is Cc1ccc(F)c(C(O)Cc2ccccc2Br)c1F. The minimum atomic E-state index is -1.21. The molecular weight excluding hydrogens is 314 g/mol. The minimum absolute atomic E-state index is 0.152. The molecule has 19 heavy (non-hydrogen) atoms. The molecule has 1 N–H and O–H groups in total. The summed E-state index contributed by atoms with van der Waals surface area (Å²) >= 11 is 3.35. The highest BCUT2D eigenvalue weighted by Crippen LogP contribution is 2.28. The van der Waals surface area contributed by atoms with E-state index in [1.807, 2.05) is 18.2 Å². The third kappa shape index (κ3) is 3.01. The predicted molar refractivity (Wildman–Crippen MR) is 73.9 cm³/mol. The summed E-state index contributed by atoms with van der Waals surface area (Å²) in [5.74, 6) is -1.40. The molecular formula is C15H13BrF2O. The summed E-state index contributed by atoms with van der Waals surface area (Å²) < 4.78 is 28.4. The van der Waals surface area contributed by atoms with Crippen molar-refractivity contribution in [2.45, 2.75) is 19.4 Å². The number of hydrogen-bond donors (Lipinski definition) is 1. The van der Waals surface area contributed by atoms with E-state index in [0.717, 1.165) is 10.0 Å². The Morgan fingerprint density at radius 1 is 1.16 bits per heavy atom. The van der Waals surface area contributed by atoms with Crippen molar-refractivity contribution in [3.63, 3.8) is 0 Å². The van der Waals surface area contributed by atoms with Gasteiger partial charge in [-0.25, -0.2) is 8.78 Å². The topological polar surface area (TPSA) is 20.2 Å². The van der Waals surface area contributed by atoms with E-state index >= 15 is 0 Å². The summed E-state index contributed by atoms with van der Waals surface area (Å²) in [6.07, 6.45) is -1.06. The highest BCUT2D eigenvalue weighted by atomic mass is 79.9. The molecule has 2 rings (SSSR count). The first-order chi connectivity index (χ1) is 9.00. The molecule has 0 saturated carbocycles. The van der Waals surface area contributed by atoms with Crippen molar-refractivity contribution in [1.82, 2.24) is 0 Å². The first-order valence-corrected chi connectivity index (χ1v) is 6.66. The fourth-order valence-electron chi connectivity index (χ4n) is 1.96. The number of rotatable bonds is 3. The number of aliphatic hydroxyl groups is 1. The Kier molecular flexibility index (Phi) is 4.32. The van der Waals surface area contributed by atoms with Crippen molar-refractivity contribution < 1.29 is 13.9 Å². The lowest BCUT2D eigenvalue weighted by Crippen LogP contribution is -2.08. The van der Waals surface area contributed by atoms with Crippen LogP contribution < -0.4 is 0 Å². The van der Waals surface area contributed by atoms with Crippen molar-refractivity contribution in [3.05, 3.63) is 69.2 Å². The van der Waals surface area contributed by atoms with Crippen LogP contribution >= 0.6 is 15.9 Å². The lowest BCUT2D eigenvalue weighted by molar-refractivity contribution is 0.168. The maximum atomic E-state index is 13.9. The molecule has 4 heteroatoms. The van der Waals surface area contributed by atoms with E-state index in [9.17, 15) is 13.9 Å². The van der Waals surface area contributed by atoms with Crippen LogP contribution in [0, 0.1) is 18.6 Å². The van der Waals surface area contributed by atoms with Gasteiger partial charge in [0.25, 0.3) is 0 Å². The van der Waals surface area contributed by atoms with Gasteiger partial charge < -0.3 is 5.11 Å². The first kappa shape index (κ1) is 14.2. The standard InChI is InChI=1S/C15H13BrF2O/c1-9-6-7-12(17)14(15(9)18)13(19)8-10-4-2-3-5-11(10)16/h2-7,13,19H,8H2,1H3. The summed E-state index contributed by atoms with van der Waals surface area (Å²) in [6, 6.07) is 9.82. The van der Waals surface area contributed by atoms with Crippen LogP contribution in [0.4, 0.5) is 8.78 Å². The molecule has 100 valence electrons. The number of hydrogen-bond acceptors (Lipinski definition) is 1. The van der Waals surface area contributed by atoms with Crippen molar-refractivity contribution in [3.8, 4) is 0 Å². The van der Waals surface area contributed by atoms with Crippen LogP contribution in [0.5, 0.6) is 0 Å². The normalized spacial score (nSPS) is 12.5. The van der Waals surface area contributed by atoms with Crippen LogP contribution in [0.2, 0.25) is 0 Å². The third-order valence-corrected chi connectivity index (χ3v) is 3.80. The number of benzene rings is 2. The molecule has 0 aliphatic carbocycles. The molecule has 0 bridgehead atoms. The summed E-state index contributed by atoms with van der Waals surface area (Å²) in [5.41, 5.74) is 0.855. The van der Waals surface area contributed by atoms with Crippen LogP contribution in [0.3, 0.4) is 0 Å². The molecule has 0 spiro atoms. The number of halogens is 3. The third-order valence-electron chi connectivity index (χ3n) is 3.02. The lowest BCUT2D eigenvalue weighted by atomic mass is 9.99. The summed E-state index contributed by atoms with van der Waals surface area (Å²) in [5, 5.41) is 10.1. The van der Waals surface area contributed by atoms with Gasteiger partial charge in [0.1, 0.15) is 11.6 Å². The molecule has 0 saturated heterocycles. The molecule has 1 atom stereocenters. The van der Waals surface area contributed by atoms with E-state index in [1.54, 1.807) is 13.0 Å². The van der Waals surface area contributed by atoms with Gasteiger partial charge in [0.05, 0.1) is 11.7 Å². The van der Waals surface area contributed by atoms with Crippen LogP contribution in [0.1, 0.15) is 22.8 Å². The summed E-state index contributed by atoms with van der Waals surface area (Å²) in [6.45, 7) is 1.55. The van der Waals surface area contributed by atoms with E-state index in [1.165, 1.54) is 12.1 Å². The molecule has 0 aliphatic rings. The molecule has 1 nitrogen and oxygen atoms in total. The summed E-state index contributed by atoms with van der Waals surface area (Å²) in [7, 11) is 0. The van der Waals surface area contributed by atoms with Crippen molar-refractivity contribution in [1.29, 1.82) is 0 Å². The Morgan fingerprint density at radius 3 is 2.53 bits per heavy atom. The number of aliphatic hydroxyl groups excluding tert-OH is 1. The van der Waals surface area contributed by atoms with Crippen molar-refractivity contribution >= 4 is 15.9 Å². The fraction of sp³-hybridized carbons (Fsp3) is 0.200. The fourth-order valence-corrected chi connectivity index (χ4v) is 2.40. The van der Waals surface area contributed by atoms with E-state index in [0.29, 0.717) is 5.56 Å². The van der Waals surface area contributed by atoms with E-state index in [4.69, 9.17) is 0 Å². The van der Waals surface area contributed by atoms with E-state index in [-0.39, 0.29) is 12.0 Å². The van der Waals surface area contributed by atoms with Crippen molar-refractivity contribution in [2.75, 3.05) is 0 Å². The van der Waals surface area contributed by atoms with Gasteiger partial charge in [-0.15, -0.1) is 0 Å². The van der Waals surface area contributed by atoms with Gasteiger partial charge in [-0.2, -0.15) is 0 Å². The second kappa shape index (κ2) is 5.80. The molecule has 2 aromatic rings. The van der Waals surface area contributed by atoms with E-state index < -0.39 is 17.7 Å². The Balaban J connectivity index is 2.33. The Morgan fingerprint density at radius 2 is 1.84 bits per heavy atom. The second-order valence-electron chi connectivity index (χ2n) is 4.40. The van der Waals surface area contributed by atoms with Gasteiger partial charge in [-0.1, -0.05) is 40.2 Å². The molecule has 1 unspecified atom stereocenters. The van der Waals surface area contributed by atoms with Crippen LogP contribution in [0.15, 0.2) is 40.9 Å². The van der Waals surface area contributed by atoms with Gasteiger partial charge in [-0.05, 0) is 30.2 Å². The van der Waals surface area contributed by atoms with Crippen molar-refractivity contribution in [2.24, 2.45) is 0 Å². The van der Waals surface area contributed by atoms with E-state index in [2.05, 4.69) is 15.9 Å². The summed E-state index contributed by atoms with van der Waals surface area (Å²) in [4.78, 5) is 0. The highest BCUT2D eigenvalue weighted by Gasteiger charge is 2.20. The van der Waals surface area contributed by atoms with Crippen LogP contribution in [0.25, 0.3) is 0 Å². The zero-order valence-corrected chi connectivity index (χ0v) is 11.9. The quantitative estimate of drug-likeness (QED) is 0.891. The molecule has 2 aromatic carbocycles. The predicted octanol–water partition coefficient (Wildman–Crippen LogP) is 4.31. The van der Waals surface area contributed by atoms with Crippen LogP contribution in [-0.2, 0) is 6.42 Å². The van der Waals surface area contributed by atoms with Crippen LogP contribution in [-0.4, -0.2) is 5.11 Å². The zero-order valence-electron chi connectivity index (χ0n) is 10.3. The monoisotopic (exact) mass is 326 g/mol. The molecule has 0 radical (unpaired) electrons. The lowest BCUT2D eigenvalue weighted by Gasteiger charge is -2.15. The van der Waals surface area contributed by atoms with Gasteiger partial charge in [-0.3, -0.25) is 0 Å². The maximum absolute atomic E-state index is 13.9. The van der Waals surface area contributed by atoms with Gasteiger partial charge in [0, 0.05) is 10.9 Å². The molecule has 0 aromatic heterocycles. The second-order valence-corrected chi connectivity index (χ2v) is 5.26. The molecule has 0 fully saturated rings. The Hall–Kier alpha value is -1.26. The Bertz CT molecular complexity index is 599. The Labute approximate surface area is 119 Å². The van der Waals surface area contributed by atoms with Gasteiger partial charge in [0.15, 0.2) is 0 Å². The van der Waals surface area contributed by atoms with Gasteiger partial charge in [0.2, 0.25) is 0 Å². The largest absolute Gasteiger partial charge is 0.388 e. The zero-order chi connectivity index (χ0) is 14.0. The average Bonchev–Trinajstić information content (AvgIpc) is 2.37. The molecule has 0 aliphatic heterocycles. The first-order valence-electron chi connectivity index (χ1n) is 5.86. The van der Waals surface area contributed by atoms with Gasteiger partial charge >= 0.3 is 0 Å². The minimum Gasteiger partial charge on any atom is -0.388 e. The molecule has 0 heterocycles. The highest BCUT2D eigenvalue weighted by molar-refractivity contribution is 9.10. The molecule has 0 amide bonds. The number of aryl methyl sites for hydroxylation is 1. The maximum Gasteiger partial charge on any atom is 0.134 e. The average molecular weight is 327 g/mol.